The molecule has 0 aliphatic rings. The molecule has 2 rings (SSSR count). The number of nitrogens with one attached hydrogen (secondary N) is 3. The van der Waals surface area contributed by atoms with Crippen LogP contribution < -0.4 is 16.6 Å². The normalized spacial score (nSPS) is 10.2. The zero-order valence-electron chi connectivity index (χ0n) is 11.2. The number of pyridine rings is 1. The predicted molar refractivity (Wildman–Crippen MR) is 80.9 cm³/mol. The van der Waals surface area contributed by atoms with Gasteiger partial charge in [0, 0.05) is 12.3 Å². The van der Waals surface area contributed by atoms with E-state index < -0.39 is 29.7 Å². The maximum atomic E-state index is 11.7. The number of halogens is 2. The van der Waals surface area contributed by atoms with Gasteiger partial charge in [0.05, 0.1) is 10.0 Å². The summed E-state index contributed by atoms with van der Waals surface area (Å²) in [5.41, 5.74) is -2.03. The van der Waals surface area contributed by atoms with E-state index >= 15 is 0 Å². The molecule has 0 unspecified atom stereocenters. The fraction of sp³-hybridized carbons (Fsp3) is 0.0833. The number of hydrogen-bond acceptors (Lipinski definition) is 6. The highest BCUT2D eigenvalue weighted by Gasteiger charge is 2.13. The summed E-state index contributed by atoms with van der Waals surface area (Å²) in [4.78, 5) is 53.1. The molecule has 2 aromatic rings. The second kappa shape index (κ2) is 7.07. The minimum atomic E-state index is -1.04. The molecule has 0 saturated heterocycles. The van der Waals surface area contributed by atoms with Crippen molar-refractivity contribution in [2.45, 2.75) is 0 Å². The van der Waals surface area contributed by atoms with Gasteiger partial charge < -0.3 is 15.0 Å². The number of nitrogens with zero attached hydrogens (tertiary/aromatic N) is 1. The minimum Gasteiger partial charge on any atom is -0.451 e. The number of ether oxygens (including phenoxy) is 1. The molecule has 0 radical (unpaired) electrons. The topological polar surface area (TPSA) is 134 Å². The molecule has 11 heteroatoms. The van der Waals surface area contributed by atoms with Crippen LogP contribution in [0, 0.1) is 0 Å². The van der Waals surface area contributed by atoms with E-state index in [1.807, 2.05) is 4.98 Å². The highest BCUT2D eigenvalue weighted by Crippen LogP contribution is 2.22. The summed E-state index contributed by atoms with van der Waals surface area (Å²) in [5.74, 6) is -1.72. The molecule has 0 aromatic carbocycles. The number of rotatable bonds is 4. The van der Waals surface area contributed by atoms with Crippen molar-refractivity contribution in [1.82, 2.24) is 15.0 Å². The molecule has 2 heterocycles. The first-order valence-corrected chi connectivity index (χ1v) is 6.72. The van der Waals surface area contributed by atoms with E-state index in [-0.39, 0.29) is 21.6 Å². The molecular weight excluding hydrogens is 351 g/mol. The molecule has 0 spiro atoms. The summed E-state index contributed by atoms with van der Waals surface area (Å²) in [7, 11) is 0. The zero-order chi connectivity index (χ0) is 17.0. The van der Waals surface area contributed by atoms with Gasteiger partial charge in [-0.15, -0.1) is 0 Å². The summed E-state index contributed by atoms with van der Waals surface area (Å²) in [6.07, 6.45) is 1.27. The van der Waals surface area contributed by atoms with Crippen molar-refractivity contribution >= 4 is 40.9 Å². The summed E-state index contributed by atoms with van der Waals surface area (Å²) < 4.78 is 4.66. The molecule has 3 N–H and O–H groups in total. The number of hydrogen-bond donors (Lipinski definition) is 3. The lowest BCUT2D eigenvalue weighted by atomic mass is 10.4. The molecule has 0 aliphatic carbocycles. The lowest BCUT2D eigenvalue weighted by molar-refractivity contribution is -0.119. The van der Waals surface area contributed by atoms with Crippen LogP contribution in [0.4, 0.5) is 5.82 Å². The Morgan fingerprint density at radius 3 is 2.61 bits per heavy atom. The van der Waals surface area contributed by atoms with Gasteiger partial charge in [-0.2, -0.15) is 0 Å². The Morgan fingerprint density at radius 2 is 1.96 bits per heavy atom. The third-order valence-electron chi connectivity index (χ3n) is 2.38. The predicted octanol–water partition coefficient (Wildman–Crippen LogP) is 0.560. The van der Waals surface area contributed by atoms with Crippen molar-refractivity contribution < 1.29 is 14.3 Å². The molecule has 2 aromatic heterocycles. The van der Waals surface area contributed by atoms with Crippen molar-refractivity contribution in [3.63, 3.8) is 0 Å². The number of carbonyl (C=O) groups is 2. The minimum absolute atomic E-state index is 0.0432. The fourth-order valence-corrected chi connectivity index (χ4v) is 1.89. The highest BCUT2D eigenvalue weighted by atomic mass is 35.5. The Kier molecular flexibility index (Phi) is 5.14. The maximum absolute atomic E-state index is 11.7. The van der Waals surface area contributed by atoms with E-state index in [4.69, 9.17) is 23.2 Å². The number of aromatic amines is 2. The van der Waals surface area contributed by atoms with E-state index in [1.54, 1.807) is 0 Å². The summed E-state index contributed by atoms with van der Waals surface area (Å²) in [6.45, 7) is -0.672. The molecule has 0 atom stereocenters. The number of amides is 1. The molecular formula is C12H8Cl2N4O5. The molecule has 0 fully saturated rings. The van der Waals surface area contributed by atoms with E-state index in [9.17, 15) is 19.2 Å². The van der Waals surface area contributed by atoms with Gasteiger partial charge in [-0.25, -0.2) is 14.6 Å². The van der Waals surface area contributed by atoms with Gasteiger partial charge in [-0.05, 0) is 6.07 Å². The number of aromatic nitrogens is 3. The van der Waals surface area contributed by atoms with Crippen LogP contribution in [0.5, 0.6) is 0 Å². The van der Waals surface area contributed by atoms with Crippen LogP contribution in [0.3, 0.4) is 0 Å². The van der Waals surface area contributed by atoms with Crippen molar-refractivity contribution in [2.24, 2.45) is 0 Å². The largest absolute Gasteiger partial charge is 0.451 e. The Bertz CT molecular complexity index is 848. The molecule has 120 valence electrons. The van der Waals surface area contributed by atoms with Gasteiger partial charge in [0.1, 0.15) is 5.69 Å². The average Bonchev–Trinajstić information content (AvgIpc) is 2.46. The van der Waals surface area contributed by atoms with Gasteiger partial charge in [0.25, 0.3) is 11.5 Å². The molecule has 23 heavy (non-hydrogen) atoms. The zero-order valence-corrected chi connectivity index (χ0v) is 12.7. The lowest BCUT2D eigenvalue weighted by Crippen LogP contribution is -2.27. The molecule has 0 bridgehead atoms. The van der Waals surface area contributed by atoms with Gasteiger partial charge in [-0.3, -0.25) is 14.6 Å². The lowest BCUT2D eigenvalue weighted by Gasteiger charge is -2.07. The number of carbonyl (C=O) groups excluding carboxylic acids is 2. The highest BCUT2D eigenvalue weighted by molar-refractivity contribution is 6.36. The number of esters is 1. The second-order valence-corrected chi connectivity index (χ2v) is 4.95. The van der Waals surface area contributed by atoms with Crippen LogP contribution in [-0.4, -0.2) is 33.4 Å². The SMILES string of the molecule is O=C(COC(=O)c1cc(=O)[nH]c(=O)[nH]1)Nc1ncc(Cl)cc1Cl. The fourth-order valence-electron chi connectivity index (χ4n) is 1.46. The third-order valence-corrected chi connectivity index (χ3v) is 2.88. The second-order valence-electron chi connectivity index (χ2n) is 4.11. The van der Waals surface area contributed by atoms with Gasteiger partial charge >= 0.3 is 11.7 Å². The smallest absolute Gasteiger partial charge is 0.355 e. The van der Waals surface area contributed by atoms with E-state index in [1.165, 1.54) is 12.3 Å². The summed E-state index contributed by atoms with van der Waals surface area (Å²) >= 11 is 11.5. The van der Waals surface area contributed by atoms with Gasteiger partial charge in [0.2, 0.25) is 0 Å². The molecule has 0 saturated carbocycles. The Morgan fingerprint density at radius 1 is 1.22 bits per heavy atom. The monoisotopic (exact) mass is 358 g/mol. The van der Waals surface area contributed by atoms with Crippen LogP contribution in [-0.2, 0) is 9.53 Å². The standard InChI is InChI=1S/C12H8Cl2N4O5/c13-5-1-6(14)10(15-3-5)17-9(20)4-23-11(21)7-2-8(19)18-12(22)16-7/h1-3H,4H2,(H,15,17,20)(H2,16,18,19,22). The Labute approximate surface area is 137 Å². The Balaban J connectivity index is 1.97. The van der Waals surface area contributed by atoms with Crippen LogP contribution in [0.15, 0.2) is 27.9 Å². The molecule has 9 nitrogen and oxygen atoms in total. The summed E-state index contributed by atoms with van der Waals surface area (Å²) in [5, 5.41) is 2.71. The van der Waals surface area contributed by atoms with Crippen LogP contribution in [0.1, 0.15) is 10.5 Å². The van der Waals surface area contributed by atoms with E-state index in [0.717, 1.165) is 6.07 Å². The Hall–Kier alpha value is -2.65. The first-order valence-electron chi connectivity index (χ1n) is 5.97. The van der Waals surface area contributed by atoms with Crippen molar-refractivity contribution in [3.05, 3.63) is 54.9 Å². The maximum Gasteiger partial charge on any atom is 0.355 e. The van der Waals surface area contributed by atoms with Crippen molar-refractivity contribution in [2.75, 3.05) is 11.9 Å². The van der Waals surface area contributed by atoms with E-state index in [2.05, 4.69) is 20.0 Å². The van der Waals surface area contributed by atoms with Crippen LogP contribution in [0.25, 0.3) is 0 Å². The van der Waals surface area contributed by atoms with Gasteiger partial charge in [-0.1, -0.05) is 23.2 Å². The summed E-state index contributed by atoms with van der Waals surface area (Å²) in [6, 6.07) is 2.21. The number of H-pyrrole nitrogens is 2. The van der Waals surface area contributed by atoms with Crippen molar-refractivity contribution in [3.8, 4) is 0 Å². The molecule has 0 aliphatic heterocycles. The first kappa shape index (κ1) is 16.7. The van der Waals surface area contributed by atoms with Crippen molar-refractivity contribution in [1.29, 1.82) is 0 Å². The van der Waals surface area contributed by atoms with Crippen LogP contribution >= 0.6 is 23.2 Å². The molecule has 1 amide bonds. The van der Waals surface area contributed by atoms with Crippen LogP contribution in [0.2, 0.25) is 10.0 Å². The van der Waals surface area contributed by atoms with Gasteiger partial charge in [0.15, 0.2) is 12.4 Å². The first-order chi connectivity index (χ1) is 10.8. The van der Waals surface area contributed by atoms with E-state index in [0.29, 0.717) is 0 Å². The average molecular weight is 359 g/mol. The number of anilines is 1. The quantitative estimate of drug-likeness (QED) is 0.683. The third kappa shape index (κ3) is 4.66.